The molecule has 0 spiro atoms. The summed E-state index contributed by atoms with van der Waals surface area (Å²) < 4.78 is 37.0. The molecule has 2 saturated heterocycles. The van der Waals surface area contributed by atoms with Crippen LogP contribution in [0.25, 0.3) is 0 Å². The number of carbonyl (C=O) groups excluding carboxylic acids is 1. The summed E-state index contributed by atoms with van der Waals surface area (Å²) in [5.74, 6) is 0.0458. The van der Waals surface area contributed by atoms with Crippen LogP contribution in [0.1, 0.15) is 65.5 Å². The Bertz CT molecular complexity index is 1030. The summed E-state index contributed by atoms with van der Waals surface area (Å²) in [6.45, 7) is 4.91. The quantitative estimate of drug-likeness (QED) is 0.359. The van der Waals surface area contributed by atoms with E-state index in [0.717, 1.165) is 43.1 Å². The molecule has 12 nitrogen and oxygen atoms in total. The van der Waals surface area contributed by atoms with Gasteiger partial charge in [-0.3, -0.25) is 18.4 Å². The van der Waals surface area contributed by atoms with Gasteiger partial charge < -0.3 is 20.3 Å². The molecule has 8 atom stereocenters. The Morgan fingerprint density at radius 2 is 2.26 bits per heavy atom. The molecule has 0 bridgehead atoms. The predicted molar refractivity (Wildman–Crippen MR) is 125 cm³/mol. The Morgan fingerprint density at radius 1 is 1.49 bits per heavy atom. The van der Waals surface area contributed by atoms with Crippen molar-refractivity contribution in [2.45, 2.75) is 95.5 Å². The van der Waals surface area contributed by atoms with Crippen molar-refractivity contribution in [2.24, 2.45) is 5.92 Å². The zero-order valence-corrected chi connectivity index (χ0v) is 21.2. The number of anilines is 1. The van der Waals surface area contributed by atoms with Crippen LogP contribution in [0.3, 0.4) is 0 Å². The zero-order valence-electron chi connectivity index (χ0n) is 20.3. The summed E-state index contributed by atoms with van der Waals surface area (Å²) in [5.41, 5.74) is 3.07. The molecule has 1 aromatic rings. The summed E-state index contributed by atoms with van der Waals surface area (Å²) in [6, 6.07) is 0.437. The number of nitrogens with two attached hydrogens (primary N) is 1. The molecule has 35 heavy (non-hydrogen) atoms. The van der Waals surface area contributed by atoms with Gasteiger partial charge in [-0.2, -0.15) is 4.98 Å². The Morgan fingerprint density at radius 3 is 2.97 bits per heavy atom. The molecule has 1 saturated carbocycles. The number of hydrogen-bond donors (Lipinski definition) is 3. The van der Waals surface area contributed by atoms with Crippen molar-refractivity contribution >= 4 is 19.5 Å². The monoisotopic (exact) mass is 514 g/mol. The number of hydrogen-bond acceptors (Lipinski definition) is 10. The fraction of sp³-hybridized carbons (Fsp3) is 0.773. The number of aromatic nitrogens is 2. The third-order valence-electron chi connectivity index (χ3n) is 6.90. The van der Waals surface area contributed by atoms with Crippen LogP contribution >= 0.6 is 7.75 Å². The Hall–Kier alpha value is -1.82. The highest BCUT2D eigenvalue weighted by atomic mass is 31.2. The van der Waals surface area contributed by atoms with Crippen molar-refractivity contribution in [3.05, 3.63) is 22.7 Å². The Balaban J connectivity index is 1.39. The average molecular weight is 515 g/mol. The minimum Gasteiger partial charge on any atom is -0.461 e. The van der Waals surface area contributed by atoms with Crippen molar-refractivity contribution in [2.75, 3.05) is 12.3 Å². The van der Waals surface area contributed by atoms with Crippen LogP contribution in [0, 0.1) is 5.92 Å². The molecule has 13 heteroatoms. The molecule has 196 valence electrons. The predicted octanol–water partition coefficient (Wildman–Crippen LogP) is 1.88. The van der Waals surface area contributed by atoms with E-state index in [1.165, 1.54) is 26.1 Å². The molecule has 3 fully saturated rings. The number of esters is 1. The summed E-state index contributed by atoms with van der Waals surface area (Å²) in [7, 11) is -4.00. The van der Waals surface area contributed by atoms with Crippen molar-refractivity contribution in [3.63, 3.8) is 0 Å². The summed E-state index contributed by atoms with van der Waals surface area (Å²) in [5, 5.41) is 13.8. The molecular formula is C22H35N4O8P. The molecule has 0 radical (unpaired) electrons. The van der Waals surface area contributed by atoms with Crippen molar-refractivity contribution < 1.29 is 33.0 Å². The average Bonchev–Trinajstić information content (AvgIpc) is 3.04. The SMILES string of the molecule is CCCC1CCCC(OC(=O)[C@H](C)NP2(=O)OC[C@H]3O[C@@H](n4ccc(N)nc4=O)[C@](C)(O)[C@@H]3O2)C1. The largest absolute Gasteiger partial charge is 0.461 e. The third kappa shape index (κ3) is 5.63. The van der Waals surface area contributed by atoms with Crippen LogP contribution in [-0.4, -0.2) is 57.2 Å². The van der Waals surface area contributed by atoms with Gasteiger partial charge >= 0.3 is 19.4 Å². The third-order valence-corrected chi connectivity index (χ3v) is 8.60. The highest BCUT2D eigenvalue weighted by Crippen LogP contribution is 2.55. The second-order valence-electron chi connectivity index (χ2n) is 9.85. The molecule has 2 aliphatic heterocycles. The first-order valence-electron chi connectivity index (χ1n) is 12.2. The first-order chi connectivity index (χ1) is 16.5. The number of rotatable bonds is 7. The number of nitrogen functional groups attached to an aromatic ring is 1. The van der Waals surface area contributed by atoms with Crippen molar-refractivity contribution in [1.82, 2.24) is 14.6 Å². The summed E-state index contributed by atoms with van der Waals surface area (Å²) in [6.07, 6.45) is 4.15. The number of ether oxygens (including phenoxy) is 2. The van der Waals surface area contributed by atoms with E-state index in [9.17, 15) is 19.3 Å². The second-order valence-corrected chi connectivity index (χ2v) is 11.6. The lowest BCUT2D eigenvalue weighted by molar-refractivity contribution is -0.153. The number of aliphatic hydroxyl groups is 1. The van der Waals surface area contributed by atoms with Gasteiger partial charge in [-0.25, -0.2) is 14.4 Å². The molecule has 4 rings (SSSR count). The Kier molecular flexibility index (Phi) is 7.71. The van der Waals surface area contributed by atoms with Crippen LogP contribution in [0.15, 0.2) is 17.1 Å². The van der Waals surface area contributed by atoms with Gasteiger partial charge in [-0.15, -0.1) is 0 Å². The van der Waals surface area contributed by atoms with E-state index in [4.69, 9.17) is 24.3 Å². The standard InChI is InChI=1S/C22H35N4O8P/c1-4-6-14-7-5-8-15(11-14)32-19(27)13(2)25-35(30)31-12-16-18(34-35)22(3,29)20(33-16)26-10-9-17(23)24-21(26)28/h9-10,13-16,18,20,29H,4-8,11-12H2,1-3H3,(H,25,30)(H2,23,24,28)/t13-,14?,15?,16+,18+,20+,22+,35?/m0/s1. The van der Waals surface area contributed by atoms with Gasteiger partial charge in [0.15, 0.2) is 6.23 Å². The first-order valence-corrected chi connectivity index (χ1v) is 13.7. The van der Waals surface area contributed by atoms with E-state index >= 15 is 0 Å². The lowest BCUT2D eigenvalue weighted by Crippen LogP contribution is -2.50. The van der Waals surface area contributed by atoms with Gasteiger partial charge in [0.1, 0.15) is 35.8 Å². The molecule has 4 N–H and O–H groups in total. The molecule has 1 aromatic heterocycles. The normalized spacial score (nSPS) is 38.0. The number of fused-ring (bicyclic) bond motifs is 1. The van der Waals surface area contributed by atoms with Gasteiger partial charge in [0, 0.05) is 6.20 Å². The van der Waals surface area contributed by atoms with E-state index in [-0.39, 0.29) is 18.5 Å². The summed E-state index contributed by atoms with van der Waals surface area (Å²) in [4.78, 5) is 28.6. The number of carbonyl (C=O) groups is 1. The molecule has 0 amide bonds. The molecule has 3 unspecified atom stereocenters. The second kappa shape index (κ2) is 10.3. The maximum absolute atomic E-state index is 13.3. The van der Waals surface area contributed by atoms with Crippen LogP contribution in [-0.2, 0) is 27.9 Å². The fourth-order valence-corrected chi connectivity index (χ4v) is 6.91. The van der Waals surface area contributed by atoms with Crippen molar-refractivity contribution in [3.8, 4) is 0 Å². The maximum Gasteiger partial charge on any atom is 0.406 e. The van der Waals surface area contributed by atoms with E-state index < -0.39 is 49.5 Å². The van der Waals surface area contributed by atoms with Gasteiger partial charge in [0.05, 0.1) is 6.61 Å². The van der Waals surface area contributed by atoms with Gasteiger partial charge in [0.2, 0.25) is 0 Å². The molecule has 3 heterocycles. The topological polar surface area (TPSA) is 164 Å². The fourth-order valence-electron chi connectivity index (χ4n) is 5.14. The smallest absolute Gasteiger partial charge is 0.406 e. The van der Waals surface area contributed by atoms with Crippen LogP contribution in [0.5, 0.6) is 0 Å². The van der Waals surface area contributed by atoms with E-state index in [1.807, 2.05) is 0 Å². The van der Waals surface area contributed by atoms with E-state index in [1.54, 1.807) is 0 Å². The highest BCUT2D eigenvalue weighted by molar-refractivity contribution is 7.51. The number of nitrogens with one attached hydrogen (secondary N) is 1. The highest BCUT2D eigenvalue weighted by Gasteiger charge is 2.60. The summed E-state index contributed by atoms with van der Waals surface area (Å²) >= 11 is 0. The van der Waals surface area contributed by atoms with E-state index in [0.29, 0.717) is 5.92 Å². The first kappa shape index (κ1) is 26.2. The van der Waals surface area contributed by atoms with Gasteiger partial charge in [-0.05, 0) is 45.1 Å². The lowest BCUT2D eigenvalue weighted by atomic mass is 9.84. The van der Waals surface area contributed by atoms with E-state index in [2.05, 4.69) is 17.0 Å². The van der Waals surface area contributed by atoms with Crippen molar-refractivity contribution in [1.29, 1.82) is 0 Å². The van der Waals surface area contributed by atoms with Crippen LogP contribution in [0.4, 0.5) is 5.82 Å². The Labute approximate surface area is 204 Å². The molecule has 1 aliphatic carbocycles. The zero-order chi connectivity index (χ0) is 25.4. The van der Waals surface area contributed by atoms with Crippen LogP contribution < -0.4 is 16.5 Å². The van der Waals surface area contributed by atoms with Gasteiger partial charge in [-0.1, -0.05) is 26.2 Å². The molecular weight excluding hydrogens is 479 g/mol. The number of nitrogens with zero attached hydrogens (tertiary/aromatic N) is 2. The minimum absolute atomic E-state index is 0.0320. The molecule has 0 aromatic carbocycles. The van der Waals surface area contributed by atoms with Crippen LogP contribution in [0.2, 0.25) is 0 Å². The minimum atomic E-state index is -4.00. The maximum atomic E-state index is 13.3. The van der Waals surface area contributed by atoms with Gasteiger partial charge in [0.25, 0.3) is 0 Å². The lowest BCUT2D eigenvalue weighted by Gasteiger charge is -2.36. The molecule has 3 aliphatic rings.